The Morgan fingerprint density at radius 1 is 1.24 bits per heavy atom. The number of hydrogen-bond donors (Lipinski definition) is 2. The van der Waals surface area contributed by atoms with E-state index in [1.54, 1.807) is 17.1 Å². The molecule has 2 saturated heterocycles. The van der Waals surface area contributed by atoms with Gasteiger partial charge < -0.3 is 19.9 Å². The van der Waals surface area contributed by atoms with E-state index in [1.165, 1.54) is 0 Å². The van der Waals surface area contributed by atoms with Gasteiger partial charge in [-0.1, -0.05) is 0 Å². The molecular weight excluding hydrogens is 322 g/mol. The van der Waals surface area contributed by atoms with E-state index in [1.807, 2.05) is 17.4 Å². The molecule has 0 aliphatic carbocycles. The zero-order valence-corrected chi connectivity index (χ0v) is 14.3. The molecule has 2 N–H and O–H groups in total. The molecule has 1 amide bonds. The summed E-state index contributed by atoms with van der Waals surface area (Å²) in [4.78, 5) is 30.9. The second-order valence-corrected chi connectivity index (χ2v) is 6.56. The number of imidazole rings is 1. The zero-order valence-electron chi connectivity index (χ0n) is 14.3. The first-order valence-corrected chi connectivity index (χ1v) is 8.77. The van der Waals surface area contributed by atoms with Crippen LogP contribution in [0.1, 0.15) is 24.6 Å². The van der Waals surface area contributed by atoms with Crippen molar-refractivity contribution in [1.82, 2.24) is 24.7 Å². The van der Waals surface area contributed by atoms with Crippen molar-refractivity contribution >= 4 is 18.0 Å². The van der Waals surface area contributed by atoms with Gasteiger partial charge in [0.2, 0.25) is 5.91 Å². The molecule has 8 heteroatoms. The van der Waals surface area contributed by atoms with Gasteiger partial charge in [0.1, 0.15) is 0 Å². The van der Waals surface area contributed by atoms with Crippen molar-refractivity contribution in [2.75, 3.05) is 45.8 Å². The van der Waals surface area contributed by atoms with Crippen LogP contribution in [0.4, 0.5) is 0 Å². The number of piperazine rings is 1. The number of nitrogens with zero attached hydrogens (tertiary/aromatic N) is 4. The van der Waals surface area contributed by atoms with Crippen molar-refractivity contribution in [2.24, 2.45) is 0 Å². The number of rotatable bonds is 5. The molecule has 0 atom stereocenters. The summed E-state index contributed by atoms with van der Waals surface area (Å²) in [5.41, 5.74) is 0.788. The third kappa shape index (κ3) is 4.90. The van der Waals surface area contributed by atoms with E-state index in [9.17, 15) is 9.59 Å². The van der Waals surface area contributed by atoms with Gasteiger partial charge in [-0.15, -0.1) is 0 Å². The Bertz CT molecular complexity index is 628. The highest BCUT2D eigenvalue weighted by Crippen LogP contribution is 2.18. The first-order valence-electron chi connectivity index (χ1n) is 8.77. The number of piperidine rings is 1. The Kier molecular flexibility index (Phi) is 5.83. The fourth-order valence-electron chi connectivity index (χ4n) is 3.32. The molecule has 25 heavy (non-hydrogen) atoms. The predicted molar refractivity (Wildman–Crippen MR) is 93.1 cm³/mol. The van der Waals surface area contributed by atoms with E-state index in [4.69, 9.17) is 5.11 Å². The van der Waals surface area contributed by atoms with Gasteiger partial charge in [-0.05, 0) is 32.0 Å². The number of aromatic nitrogens is 2. The highest BCUT2D eigenvalue weighted by molar-refractivity contribution is 5.91. The molecule has 2 aliphatic heterocycles. The lowest BCUT2D eigenvalue weighted by atomic mass is 10.1. The van der Waals surface area contributed by atoms with Gasteiger partial charge in [0.25, 0.3) is 0 Å². The summed E-state index contributed by atoms with van der Waals surface area (Å²) >= 11 is 0. The summed E-state index contributed by atoms with van der Waals surface area (Å²) in [5, 5.41) is 12.1. The fraction of sp³-hybridized carbons (Fsp3) is 0.588. The van der Waals surface area contributed by atoms with Crippen molar-refractivity contribution in [1.29, 1.82) is 0 Å². The highest BCUT2D eigenvalue weighted by Gasteiger charge is 2.21. The molecule has 0 spiro atoms. The largest absolute Gasteiger partial charge is 0.480 e. The van der Waals surface area contributed by atoms with Crippen LogP contribution < -0.4 is 5.32 Å². The van der Waals surface area contributed by atoms with Crippen LogP contribution in [0.2, 0.25) is 0 Å². The lowest BCUT2D eigenvalue weighted by Crippen LogP contribution is -2.49. The Labute approximate surface area is 147 Å². The van der Waals surface area contributed by atoms with E-state index in [-0.39, 0.29) is 12.5 Å². The average molecular weight is 347 g/mol. The molecule has 1 aromatic heterocycles. The number of aliphatic carboxylic acids is 1. The van der Waals surface area contributed by atoms with Gasteiger partial charge in [-0.25, -0.2) is 4.98 Å². The van der Waals surface area contributed by atoms with Gasteiger partial charge in [0.05, 0.1) is 18.6 Å². The Morgan fingerprint density at radius 3 is 2.64 bits per heavy atom. The van der Waals surface area contributed by atoms with Crippen molar-refractivity contribution in [3.8, 4) is 0 Å². The molecular formula is C17H25N5O3. The standard InChI is InChI=1S/C17H25N5O3/c23-16(21-9-7-20(8-10-21)12-17(24)25)2-1-14-11-22(13-19-14)15-3-5-18-6-4-15/h1-2,11,13,15,18H,3-10,12H2,(H,24,25)/b2-1+. The maximum Gasteiger partial charge on any atom is 0.317 e. The monoisotopic (exact) mass is 347 g/mol. The second-order valence-electron chi connectivity index (χ2n) is 6.56. The van der Waals surface area contributed by atoms with Gasteiger partial charge in [0, 0.05) is 44.5 Å². The summed E-state index contributed by atoms with van der Waals surface area (Å²) in [7, 11) is 0. The third-order valence-electron chi connectivity index (χ3n) is 4.79. The van der Waals surface area contributed by atoms with E-state index in [0.29, 0.717) is 32.2 Å². The molecule has 1 aromatic rings. The molecule has 0 saturated carbocycles. The molecule has 0 radical (unpaired) electrons. The Hall–Kier alpha value is -2.19. The van der Waals surface area contributed by atoms with Gasteiger partial charge >= 0.3 is 5.97 Å². The Balaban J connectivity index is 1.49. The molecule has 136 valence electrons. The van der Waals surface area contributed by atoms with Crippen LogP contribution in [-0.4, -0.2) is 82.1 Å². The van der Waals surface area contributed by atoms with Gasteiger partial charge in [-0.3, -0.25) is 14.5 Å². The van der Waals surface area contributed by atoms with E-state index in [2.05, 4.69) is 14.9 Å². The summed E-state index contributed by atoms with van der Waals surface area (Å²) in [6, 6.07) is 0.480. The van der Waals surface area contributed by atoms with Crippen molar-refractivity contribution in [3.05, 3.63) is 24.3 Å². The van der Waals surface area contributed by atoms with E-state index in [0.717, 1.165) is 31.6 Å². The predicted octanol–water partition coefficient (Wildman–Crippen LogP) is 0.0496. The topological polar surface area (TPSA) is 90.7 Å². The molecule has 2 aliphatic rings. The van der Waals surface area contributed by atoms with Crippen LogP contribution in [0, 0.1) is 0 Å². The van der Waals surface area contributed by atoms with Crippen molar-refractivity contribution in [3.63, 3.8) is 0 Å². The van der Waals surface area contributed by atoms with Crippen LogP contribution in [-0.2, 0) is 9.59 Å². The molecule has 2 fully saturated rings. The minimum Gasteiger partial charge on any atom is -0.480 e. The van der Waals surface area contributed by atoms with Crippen LogP contribution >= 0.6 is 0 Å². The molecule has 0 bridgehead atoms. The van der Waals surface area contributed by atoms with Crippen LogP contribution in [0.5, 0.6) is 0 Å². The molecule has 0 unspecified atom stereocenters. The molecule has 8 nitrogen and oxygen atoms in total. The minimum atomic E-state index is -0.830. The number of carbonyl (C=O) groups is 2. The van der Waals surface area contributed by atoms with Crippen molar-refractivity contribution in [2.45, 2.75) is 18.9 Å². The number of hydrogen-bond acceptors (Lipinski definition) is 5. The lowest BCUT2D eigenvalue weighted by molar-refractivity contribution is -0.139. The van der Waals surface area contributed by atoms with Gasteiger partial charge in [-0.2, -0.15) is 0 Å². The summed E-state index contributed by atoms with van der Waals surface area (Å²) in [5.74, 6) is -0.879. The third-order valence-corrected chi connectivity index (χ3v) is 4.79. The normalized spacial score (nSPS) is 20.2. The smallest absolute Gasteiger partial charge is 0.317 e. The minimum absolute atomic E-state index is 0.0337. The fourth-order valence-corrected chi connectivity index (χ4v) is 3.32. The van der Waals surface area contributed by atoms with Crippen LogP contribution in [0.25, 0.3) is 6.08 Å². The SMILES string of the molecule is O=C(O)CN1CCN(C(=O)/C=C/c2cn(C3CCNCC3)cn2)CC1. The van der Waals surface area contributed by atoms with E-state index < -0.39 is 5.97 Å². The summed E-state index contributed by atoms with van der Waals surface area (Å²) in [6.45, 7) is 4.39. The zero-order chi connectivity index (χ0) is 17.6. The average Bonchev–Trinajstić information content (AvgIpc) is 3.10. The molecule has 3 rings (SSSR count). The summed E-state index contributed by atoms with van der Waals surface area (Å²) in [6.07, 6.45) is 9.33. The first-order chi connectivity index (χ1) is 12.1. The van der Waals surface area contributed by atoms with E-state index >= 15 is 0 Å². The molecule has 0 aromatic carbocycles. The highest BCUT2D eigenvalue weighted by atomic mass is 16.4. The maximum atomic E-state index is 12.3. The lowest BCUT2D eigenvalue weighted by Gasteiger charge is -2.33. The second kappa shape index (κ2) is 8.26. The van der Waals surface area contributed by atoms with Gasteiger partial charge in [0.15, 0.2) is 0 Å². The van der Waals surface area contributed by atoms with Crippen LogP contribution in [0.15, 0.2) is 18.6 Å². The quantitative estimate of drug-likeness (QED) is 0.732. The number of carbonyl (C=O) groups excluding carboxylic acids is 1. The first kappa shape index (κ1) is 17.6. The molecule has 3 heterocycles. The van der Waals surface area contributed by atoms with Crippen molar-refractivity contribution < 1.29 is 14.7 Å². The number of nitrogens with one attached hydrogen (secondary N) is 1. The maximum absolute atomic E-state index is 12.3. The summed E-state index contributed by atoms with van der Waals surface area (Å²) < 4.78 is 2.13. The Morgan fingerprint density at radius 2 is 1.96 bits per heavy atom. The number of carboxylic acids is 1. The number of amides is 1. The number of carboxylic acid groups (broad SMARTS) is 1. The van der Waals surface area contributed by atoms with Crippen LogP contribution in [0.3, 0.4) is 0 Å².